The highest BCUT2D eigenvalue weighted by Crippen LogP contribution is 2.13. The SMILES string of the molecule is CN(C(=O)OCc1ccc([N+](=O)[O-])cc1)C1CCNC1. The molecule has 2 rings (SSSR count). The van der Waals surface area contributed by atoms with E-state index in [1.807, 2.05) is 0 Å². The van der Waals surface area contributed by atoms with Crippen molar-refractivity contribution in [1.29, 1.82) is 0 Å². The number of nitrogens with zero attached hydrogens (tertiary/aromatic N) is 2. The molecule has 7 heteroatoms. The highest BCUT2D eigenvalue weighted by atomic mass is 16.6. The van der Waals surface area contributed by atoms with Crippen LogP contribution in [0.25, 0.3) is 0 Å². The molecular weight excluding hydrogens is 262 g/mol. The smallest absolute Gasteiger partial charge is 0.410 e. The van der Waals surface area contributed by atoms with E-state index in [9.17, 15) is 14.9 Å². The van der Waals surface area contributed by atoms with E-state index in [-0.39, 0.29) is 24.4 Å². The Morgan fingerprint density at radius 3 is 2.75 bits per heavy atom. The average Bonchev–Trinajstić information content (AvgIpc) is 2.98. The summed E-state index contributed by atoms with van der Waals surface area (Å²) in [6.45, 7) is 1.80. The van der Waals surface area contributed by atoms with E-state index in [0.29, 0.717) is 0 Å². The van der Waals surface area contributed by atoms with Crippen LogP contribution in [0.1, 0.15) is 12.0 Å². The Hall–Kier alpha value is -2.15. The van der Waals surface area contributed by atoms with Crippen molar-refractivity contribution in [2.75, 3.05) is 20.1 Å². The first-order valence-electron chi connectivity index (χ1n) is 6.41. The number of hydrogen-bond acceptors (Lipinski definition) is 5. The molecule has 0 bridgehead atoms. The van der Waals surface area contributed by atoms with Crippen LogP contribution in [0.4, 0.5) is 10.5 Å². The molecule has 0 spiro atoms. The standard InChI is InChI=1S/C13H17N3O4/c1-15(12-6-7-14-8-12)13(17)20-9-10-2-4-11(5-3-10)16(18)19/h2-5,12,14H,6-9H2,1H3. The van der Waals surface area contributed by atoms with Crippen LogP contribution in [0, 0.1) is 10.1 Å². The van der Waals surface area contributed by atoms with Crippen LogP contribution in [0.2, 0.25) is 0 Å². The molecule has 1 N–H and O–H groups in total. The Bertz CT molecular complexity index is 483. The van der Waals surface area contributed by atoms with Crippen molar-refractivity contribution < 1.29 is 14.5 Å². The van der Waals surface area contributed by atoms with Gasteiger partial charge in [-0.15, -0.1) is 0 Å². The van der Waals surface area contributed by atoms with Crippen LogP contribution in [0.3, 0.4) is 0 Å². The van der Waals surface area contributed by atoms with Gasteiger partial charge in [0.05, 0.1) is 4.92 Å². The number of nitro groups is 1. The number of benzene rings is 1. The number of rotatable bonds is 4. The average molecular weight is 279 g/mol. The lowest BCUT2D eigenvalue weighted by Gasteiger charge is -2.22. The van der Waals surface area contributed by atoms with Crippen molar-refractivity contribution in [3.63, 3.8) is 0 Å². The second-order valence-electron chi connectivity index (χ2n) is 4.74. The fourth-order valence-electron chi connectivity index (χ4n) is 2.08. The van der Waals surface area contributed by atoms with E-state index in [2.05, 4.69) is 5.32 Å². The van der Waals surface area contributed by atoms with Gasteiger partial charge in [-0.05, 0) is 30.7 Å². The first kappa shape index (κ1) is 14.3. The van der Waals surface area contributed by atoms with Gasteiger partial charge in [0.1, 0.15) is 6.61 Å². The molecule has 7 nitrogen and oxygen atoms in total. The Balaban J connectivity index is 1.84. The number of hydrogen-bond donors (Lipinski definition) is 1. The van der Waals surface area contributed by atoms with Gasteiger partial charge in [-0.3, -0.25) is 10.1 Å². The molecule has 1 aromatic rings. The Labute approximate surface area is 116 Å². The Morgan fingerprint density at radius 1 is 1.50 bits per heavy atom. The van der Waals surface area contributed by atoms with Crippen LogP contribution in [-0.2, 0) is 11.3 Å². The van der Waals surface area contributed by atoms with E-state index >= 15 is 0 Å². The fraction of sp³-hybridized carbons (Fsp3) is 0.462. The molecule has 0 radical (unpaired) electrons. The fourth-order valence-corrected chi connectivity index (χ4v) is 2.08. The summed E-state index contributed by atoms with van der Waals surface area (Å²) < 4.78 is 5.19. The van der Waals surface area contributed by atoms with Crippen LogP contribution in [0.15, 0.2) is 24.3 Å². The highest BCUT2D eigenvalue weighted by Gasteiger charge is 2.24. The van der Waals surface area contributed by atoms with Gasteiger partial charge in [0.15, 0.2) is 0 Å². The zero-order valence-corrected chi connectivity index (χ0v) is 11.2. The lowest BCUT2D eigenvalue weighted by atomic mass is 10.2. The molecule has 1 heterocycles. The van der Waals surface area contributed by atoms with Gasteiger partial charge in [0.2, 0.25) is 0 Å². The van der Waals surface area contributed by atoms with Gasteiger partial charge in [0, 0.05) is 31.8 Å². The minimum absolute atomic E-state index is 0.0224. The summed E-state index contributed by atoms with van der Waals surface area (Å²) in [6, 6.07) is 6.13. The van der Waals surface area contributed by atoms with E-state index < -0.39 is 4.92 Å². The number of amides is 1. The third kappa shape index (κ3) is 3.45. The first-order valence-corrected chi connectivity index (χ1v) is 6.41. The molecular formula is C13H17N3O4. The molecule has 1 atom stereocenters. The predicted molar refractivity (Wildman–Crippen MR) is 72.3 cm³/mol. The maximum absolute atomic E-state index is 11.8. The number of carbonyl (C=O) groups is 1. The summed E-state index contributed by atoms with van der Waals surface area (Å²) in [7, 11) is 1.72. The van der Waals surface area contributed by atoms with Gasteiger partial charge in [-0.2, -0.15) is 0 Å². The van der Waals surface area contributed by atoms with E-state index in [1.165, 1.54) is 12.1 Å². The molecule has 1 aliphatic heterocycles. The van der Waals surface area contributed by atoms with E-state index in [0.717, 1.165) is 25.1 Å². The Kier molecular flexibility index (Phi) is 4.52. The number of likely N-dealkylation sites (N-methyl/N-ethyl adjacent to an activating group) is 1. The van der Waals surface area contributed by atoms with Gasteiger partial charge in [-0.1, -0.05) is 0 Å². The molecule has 1 aliphatic rings. The maximum Gasteiger partial charge on any atom is 0.410 e. The zero-order valence-electron chi connectivity index (χ0n) is 11.2. The van der Waals surface area contributed by atoms with Gasteiger partial charge in [-0.25, -0.2) is 4.79 Å². The van der Waals surface area contributed by atoms with Crippen molar-refractivity contribution in [1.82, 2.24) is 10.2 Å². The minimum Gasteiger partial charge on any atom is -0.445 e. The summed E-state index contributed by atoms with van der Waals surface area (Å²) in [5.74, 6) is 0. The minimum atomic E-state index is -0.462. The third-order valence-electron chi connectivity index (χ3n) is 3.38. The molecule has 1 saturated heterocycles. The summed E-state index contributed by atoms with van der Waals surface area (Å²) in [4.78, 5) is 23.5. The monoisotopic (exact) mass is 279 g/mol. The van der Waals surface area contributed by atoms with Gasteiger partial charge >= 0.3 is 6.09 Å². The van der Waals surface area contributed by atoms with Gasteiger partial charge < -0.3 is 15.0 Å². The highest BCUT2D eigenvalue weighted by molar-refractivity contribution is 5.67. The van der Waals surface area contributed by atoms with Crippen LogP contribution in [-0.4, -0.2) is 42.1 Å². The first-order chi connectivity index (χ1) is 9.58. The zero-order chi connectivity index (χ0) is 14.5. The molecule has 0 aliphatic carbocycles. The van der Waals surface area contributed by atoms with Crippen LogP contribution in [0.5, 0.6) is 0 Å². The molecule has 0 saturated carbocycles. The lowest BCUT2D eigenvalue weighted by molar-refractivity contribution is -0.384. The van der Waals surface area contributed by atoms with E-state index in [1.54, 1.807) is 24.1 Å². The second-order valence-corrected chi connectivity index (χ2v) is 4.74. The topological polar surface area (TPSA) is 84.7 Å². The van der Waals surface area contributed by atoms with Crippen molar-refractivity contribution in [3.05, 3.63) is 39.9 Å². The quantitative estimate of drug-likeness (QED) is 0.667. The molecule has 1 aromatic carbocycles. The van der Waals surface area contributed by atoms with Crippen molar-refractivity contribution in [2.45, 2.75) is 19.1 Å². The summed E-state index contributed by atoms with van der Waals surface area (Å²) in [6.07, 6.45) is 0.542. The second kappa shape index (κ2) is 6.33. The largest absolute Gasteiger partial charge is 0.445 e. The molecule has 1 unspecified atom stereocenters. The lowest BCUT2D eigenvalue weighted by Crippen LogP contribution is -2.38. The van der Waals surface area contributed by atoms with Crippen molar-refractivity contribution in [2.24, 2.45) is 0 Å². The summed E-state index contributed by atoms with van der Waals surface area (Å²) >= 11 is 0. The molecule has 20 heavy (non-hydrogen) atoms. The third-order valence-corrected chi connectivity index (χ3v) is 3.38. The van der Waals surface area contributed by atoms with E-state index in [4.69, 9.17) is 4.74 Å². The molecule has 0 aromatic heterocycles. The van der Waals surface area contributed by atoms with Crippen molar-refractivity contribution >= 4 is 11.8 Å². The molecule has 1 fully saturated rings. The number of non-ortho nitro benzene ring substituents is 1. The number of carbonyl (C=O) groups excluding carboxylic acids is 1. The summed E-state index contributed by atoms with van der Waals surface area (Å²) in [5.41, 5.74) is 0.746. The van der Waals surface area contributed by atoms with Crippen LogP contribution >= 0.6 is 0 Å². The maximum atomic E-state index is 11.8. The predicted octanol–water partition coefficient (Wildman–Crippen LogP) is 1.53. The molecule has 108 valence electrons. The van der Waals surface area contributed by atoms with Gasteiger partial charge in [0.25, 0.3) is 5.69 Å². The number of ether oxygens (including phenoxy) is 1. The Morgan fingerprint density at radius 2 is 2.20 bits per heavy atom. The normalized spacial score (nSPS) is 17.8. The van der Waals surface area contributed by atoms with Crippen molar-refractivity contribution in [3.8, 4) is 0 Å². The number of nitro benzene ring substituents is 1. The number of nitrogens with one attached hydrogen (secondary N) is 1. The summed E-state index contributed by atoms with van der Waals surface area (Å²) in [5, 5.41) is 13.7. The molecule has 1 amide bonds. The van der Waals surface area contributed by atoms with Crippen LogP contribution < -0.4 is 5.32 Å².